The second-order valence-electron chi connectivity index (χ2n) is 6.11. The monoisotopic (exact) mass is 359 g/mol. The van der Waals surface area contributed by atoms with Crippen molar-refractivity contribution in [2.75, 3.05) is 38.1 Å². The van der Waals surface area contributed by atoms with Crippen LogP contribution in [0, 0.1) is 5.92 Å². The van der Waals surface area contributed by atoms with E-state index in [-0.39, 0.29) is 12.1 Å². The Kier molecular flexibility index (Phi) is 6.96. The predicted molar refractivity (Wildman–Crippen MR) is 94.5 cm³/mol. The molecule has 2 rings (SSSR count). The lowest BCUT2D eigenvalue weighted by atomic mass is 10.2. The second kappa shape index (κ2) is 8.73. The number of carbonyl (C=O) groups is 1. The molecule has 1 aliphatic heterocycles. The summed E-state index contributed by atoms with van der Waals surface area (Å²) in [6, 6.07) is 4.68. The van der Waals surface area contributed by atoms with E-state index in [9.17, 15) is 4.79 Å². The maximum atomic E-state index is 11.9. The lowest BCUT2D eigenvalue weighted by Gasteiger charge is -2.33. The first-order valence-corrected chi connectivity index (χ1v) is 8.53. The molecule has 1 aromatic rings. The van der Waals surface area contributed by atoms with E-state index in [0.717, 1.165) is 19.6 Å². The Morgan fingerprint density at radius 2 is 2.17 bits per heavy atom. The largest absolute Gasteiger partial charge is 0.374 e. The highest BCUT2D eigenvalue weighted by molar-refractivity contribution is 6.42. The number of nitrogens with zero attached hydrogens (tertiary/aromatic N) is 1. The van der Waals surface area contributed by atoms with E-state index in [0.29, 0.717) is 34.8 Å². The zero-order valence-corrected chi connectivity index (χ0v) is 15.0. The van der Waals surface area contributed by atoms with Crippen molar-refractivity contribution in [1.82, 2.24) is 10.2 Å². The summed E-state index contributed by atoms with van der Waals surface area (Å²) in [4.78, 5) is 14.3. The van der Waals surface area contributed by atoms with Gasteiger partial charge in [-0.2, -0.15) is 0 Å². The number of benzene rings is 1. The Morgan fingerprint density at radius 3 is 2.87 bits per heavy atom. The van der Waals surface area contributed by atoms with Gasteiger partial charge < -0.3 is 15.4 Å². The van der Waals surface area contributed by atoms with Crippen LogP contribution in [0.2, 0.25) is 10.0 Å². The molecule has 0 aliphatic carbocycles. The average Bonchev–Trinajstić information content (AvgIpc) is 2.49. The van der Waals surface area contributed by atoms with Gasteiger partial charge in [0, 0.05) is 31.9 Å². The molecule has 23 heavy (non-hydrogen) atoms. The molecule has 1 heterocycles. The number of ether oxygens (including phenoxy) is 1. The summed E-state index contributed by atoms with van der Waals surface area (Å²) in [7, 11) is 0. The van der Waals surface area contributed by atoms with Crippen molar-refractivity contribution in [3.8, 4) is 0 Å². The summed E-state index contributed by atoms with van der Waals surface area (Å²) in [6.45, 7) is 8.42. The minimum Gasteiger partial charge on any atom is -0.374 e. The van der Waals surface area contributed by atoms with E-state index in [4.69, 9.17) is 27.9 Å². The molecule has 0 saturated carbocycles. The molecule has 1 fully saturated rings. The van der Waals surface area contributed by atoms with Gasteiger partial charge in [0.1, 0.15) is 0 Å². The number of halogens is 2. The smallest absolute Gasteiger partial charge is 0.319 e. The van der Waals surface area contributed by atoms with Gasteiger partial charge in [0.25, 0.3) is 0 Å². The van der Waals surface area contributed by atoms with Crippen LogP contribution >= 0.6 is 23.2 Å². The normalized spacial score (nSPS) is 18.9. The molecule has 0 bridgehead atoms. The summed E-state index contributed by atoms with van der Waals surface area (Å²) in [5.41, 5.74) is 0.600. The van der Waals surface area contributed by atoms with Crippen LogP contribution < -0.4 is 10.6 Å². The highest BCUT2D eigenvalue weighted by Gasteiger charge is 2.21. The van der Waals surface area contributed by atoms with Crippen molar-refractivity contribution in [2.24, 2.45) is 5.92 Å². The van der Waals surface area contributed by atoms with Crippen LogP contribution in [0.1, 0.15) is 13.8 Å². The summed E-state index contributed by atoms with van der Waals surface area (Å²) < 4.78 is 5.70. The number of carbonyl (C=O) groups excluding carboxylic acids is 1. The Bertz CT molecular complexity index is 540. The van der Waals surface area contributed by atoms with Crippen LogP contribution in [0.3, 0.4) is 0 Å². The standard InChI is InChI=1S/C16H23Cl2N3O2/c1-11(2)9-21-5-6-23-13(10-21)8-19-16(22)20-12-3-4-14(17)15(18)7-12/h3-4,7,11,13H,5-6,8-10H2,1-2H3,(H2,19,20,22)/t13-/m0/s1. The van der Waals surface area contributed by atoms with E-state index in [1.165, 1.54) is 0 Å². The predicted octanol–water partition coefficient (Wildman–Crippen LogP) is 3.47. The zero-order valence-electron chi connectivity index (χ0n) is 13.4. The van der Waals surface area contributed by atoms with Gasteiger partial charge in [0.15, 0.2) is 0 Å². The van der Waals surface area contributed by atoms with Crippen LogP contribution in [0.15, 0.2) is 18.2 Å². The fourth-order valence-corrected chi connectivity index (χ4v) is 2.84. The number of morpholine rings is 1. The molecule has 1 aliphatic rings. The van der Waals surface area contributed by atoms with E-state index in [1.54, 1.807) is 18.2 Å². The Morgan fingerprint density at radius 1 is 1.39 bits per heavy atom. The number of nitrogens with one attached hydrogen (secondary N) is 2. The van der Waals surface area contributed by atoms with Crippen molar-refractivity contribution >= 4 is 34.9 Å². The molecule has 1 saturated heterocycles. The fraction of sp³-hybridized carbons (Fsp3) is 0.562. The molecule has 1 atom stereocenters. The third-order valence-corrected chi connectivity index (χ3v) is 4.25. The maximum Gasteiger partial charge on any atom is 0.319 e. The Balaban J connectivity index is 1.76. The van der Waals surface area contributed by atoms with Gasteiger partial charge >= 0.3 is 6.03 Å². The van der Waals surface area contributed by atoms with Crippen molar-refractivity contribution in [3.63, 3.8) is 0 Å². The van der Waals surface area contributed by atoms with Crippen LogP contribution in [0.5, 0.6) is 0 Å². The molecule has 7 heteroatoms. The van der Waals surface area contributed by atoms with E-state index in [1.807, 2.05) is 0 Å². The number of anilines is 1. The highest BCUT2D eigenvalue weighted by atomic mass is 35.5. The number of hydrogen-bond donors (Lipinski definition) is 2. The first kappa shape index (κ1) is 18.3. The number of rotatable bonds is 5. The first-order valence-electron chi connectivity index (χ1n) is 7.78. The molecule has 2 N–H and O–H groups in total. The quantitative estimate of drug-likeness (QED) is 0.846. The third-order valence-electron chi connectivity index (χ3n) is 3.51. The summed E-state index contributed by atoms with van der Waals surface area (Å²) in [6.07, 6.45) is 0.0158. The van der Waals surface area contributed by atoms with E-state index >= 15 is 0 Å². The van der Waals surface area contributed by atoms with Gasteiger partial charge in [-0.05, 0) is 24.1 Å². The number of urea groups is 1. The van der Waals surface area contributed by atoms with Gasteiger partial charge in [0.2, 0.25) is 0 Å². The van der Waals surface area contributed by atoms with Crippen molar-refractivity contribution in [3.05, 3.63) is 28.2 Å². The zero-order chi connectivity index (χ0) is 16.8. The summed E-state index contributed by atoms with van der Waals surface area (Å²) >= 11 is 11.8. The van der Waals surface area contributed by atoms with E-state index in [2.05, 4.69) is 29.4 Å². The topological polar surface area (TPSA) is 53.6 Å². The van der Waals surface area contributed by atoms with E-state index < -0.39 is 0 Å². The van der Waals surface area contributed by atoms with Crippen LogP contribution in [-0.2, 0) is 4.74 Å². The van der Waals surface area contributed by atoms with Crippen LogP contribution in [0.4, 0.5) is 10.5 Å². The average molecular weight is 360 g/mol. The SMILES string of the molecule is CC(C)CN1CCO[C@@H](CNC(=O)Nc2ccc(Cl)c(Cl)c2)C1. The third kappa shape index (κ3) is 6.18. The number of hydrogen-bond acceptors (Lipinski definition) is 3. The molecule has 0 aromatic heterocycles. The van der Waals surface area contributed by atoms with Crippen molar-refractivity contribution in [2.45, 2.75) is 20.0 Å². The minimum absolute atomic E-state index is 0.0158. The van der Waals surface area contributed by atoms with Crippen molar-refractivity contribution in [1.29, 1.82) is 0 Å². The van der Waals surface area contributed by atoms with Crippen molar-refractivity contribution < 1.29 is 9.53 Å². The summed E-state index contributed by atoms with van der Waals surface area (Å²) in [5, 5.41) is 6.43. The van der Waals surface area contributed by atoms with Crippen LogP contribution in [-0.4, -0.2) is 49.8 Å². The Hall–Kier alpha value is -1.01. The van der Waals surface area contributed by atoms with Gasteiger partial charge in [0.05, 0.1) is 22.8 Å². The minimum atomic E-state index is -0.284. The van der Waals surface area contributed by atoms with Gasteiger partial charge in [-0.1, -0.05) is 37.0 Å². The molecule has 0 spiro atoms. The Labute approximate surface area is 147 Å². The number of amides is 2. The van der Waals surface area contributed by atoms with Gasteiger partial charge in [-0.25, -0.2) is 4.79 Å². The molecule has 5 nitrogen and oxygen atoms in total. The molecule has 1 aromatic carbocycles. The highest BCUT2D eigenvalue weighted by Crippen LogP contribution is 2.24. The van der Waals surface area contributed by atoms with Gasteiger partial charge in [-0.3, -0.25) is 4.90 Å². The first-order chi connectivity index (χ1) is 10.9. The molecular formula is C16H23Cl2N3O2. The molecule has 128 valence electrons. The molecule has 0 unspecified atom stereocenters. The molecule has 2 amide bonds. The second-order valence-corrected chi connectivity index (χ2v) is 6.92. The summed E-state index contributed by atoms with van der Waals surface area (Å²) in [5.74, 6) is 0.625. The maximum absolute atomic E-state index is 11.9. The van der Waals surface area contributed by atoms with Gasteiger partial charge in [-0.15, -0.1) is 0 Å². The fourth-order valence-electron chi connectivity index (χ4n) is 2.54. The van der Waals surface area contributed by atoms with Crippen LogP contribution in [0.25, 0.3) is 0 Å². The molecular weight excluding hydrogens is 337 g/mol. The molecule has 0 radical (unpaired) electrons. The lowest BCUT2D eigenvalue weighted by molar-refractivity contribution is -0.0288. The lowest BCUT2D eigenvalue weighted by Crippen LogP contribution is -2.48.